The molecule has 0 saturated carbocycles. The van der Waals surface area contributed by atoms with Crippen LogP contribution in [0.3, 0.4) is 0 Å². The summed E-state index contributed by atoms with van der Waals surface area (Å²) in [6, 6.07) is 17.3. The molecule has 1 atom stereocenters. The summed E-state index contributed by atoms with van der Waals surface area (Å²) in [7, 11) is 2.16. The maximum absolute atomic E-state index is 13.2. The fraction of sp³-hybridized carbons (Fsp3) is 0.250. The van der Waals surface area contributed by atoms with Crippen LogP contribution in [0.25, 0.3) is 16.9 Å². The number of hydrogen-bond acceptors (Lipinski definition) is 4. The minimum Gasteiger partial charge on any atom is -0.299 e. The fourth-order valence-corrected chi connectivity index (χ4v) is 4.19. The molecular formula is C24H24FN5. The molecule has 1 saturated heterocycles. The van der Waals surface area contributed by atoms with Gasteiger partial charge in [0.1, 0.15) is 11.5 Å². The Balaban J connectivity index is 1.43. The minimum atomic E-state index is -0.190. The van der Waals surface area contributed by atoms with Crippen molar-refractivity contribution in [1.82, 2.24) is 24.2 Å². The van der Waals surface area contributed by atoms with Crippen molar-refractivity contribution in [3.63, 3.8) is 0 Å². The molecule has 3 aromatic heterocycles. The zero-order valence-corrected chi connectivity index (χ0v) is 16.9. The lowest BCUT2D eigenvalue weighted by atomic mass is 10.1. The normalized spacial score (nSPS) is 18.1. The highest BCUT2D eigenvalue weighted by atomic mass is 19.1. The lowest BCUT2D eigenvalue weighted by molar-refractivity contribution is 0.0885. The maximum atomic E-state index is 13.2. The lowest BCUT2D eigenvalue weighted by Gasteiger charge is -2.38. The van der Waals surface area contributed by atoms with E-state index in [4.69, 9.17) is 4.98 Å². The van der Waals surface area contributed by atoms with E-state index in [0.717, 1.165) is 54.3 Å². The van der Waals surface area contributed by atoms with Crippen molar-refractivity contribution in [2.45, 2.75) is 12.6 Å². The summed E-state index contributed by atoms with van der Waals surface area (Å²) in [5.41, 5.74) is 5.38. The van der Waals surface area contributed by atoms with Gasteiger partial charge in [0.2, 0.25) is 0 Å². The molecule has 0 aliphatic carbocycles. The van der Waals surface area contributed by atoms with Crippen LogP contribution in [0.4, 0.5) is 4.39 Å². The molecule has 1 aromatic carbocycles. The summed E-state index contributed by atoms with van der Waals surface area (Å²) in [5.74, 6) is -0.190. The second kappa shape index (κ2) is 7.97. The van der Waals surface area contributed by atoms with Crippen LogP contribution < -0.4 is 0 Å². The predicted molar refractivity (Wildman–Crippen MR) is 115 cm³/mol. The second-order valence-electron chi connectivity index (χ2n) is 7.90. The quantitative estimate of drug-likeness (QED) is 0.518. The van der Waals surface area contributed by atoms with Crippen LogP contribution in [0, 0.1) is 5.82 Å². The van der Waals surface area contributed by atoms with Crippen molar-refractivity contribution in [2.75, 3.05) is 26.7 Å². The number of rotatable bonds is 4. The fourth-order valence-electron chi connectivity index (χ4n) is 4.19. The van der Waals surface area contributed by atoms with Gasteiger partial charge in [0.05, 0.1) is 17.4 Å². The van der Waals surface area contributed by atoms with Crippen LogP contribution in [0.5, 0.6) is 0 Å². The number of pyridine rings is 2. The van der Waals surface area contributed by atoms with E-state index in [0.29, 0.717) is 0 Å². The number of piperazine rings is 1. The van der Waals surface area contributed by atoms with Gasteiger partial charge in [0, 0.05) is 50.3 Å². The molecule has 1 aliphatic heterocycles. The van der Waals surface area contributed by atoms with E-state index in [1.165, 1.54) is 12.1 Å². The van der Waals surface area contributed by atoms with Crippen molar-refractivity contribution in [1.29, 1.82) is 0 Å². The summed E-state index contributed by atoms with van der Waals surface area (Å²) >= 11 is 0. The van der Waals surface area contributed by atoms with E-state index in [9.17, 15) is 4.39 Å². The van der Waals surface area contributed by atoms with E-state index in [1.54, 1.807) is 0 Å². The Kier molecular flexibility index (Phi) is 5.02. The number of imidazole rings is 1. The van der Waals surface area contributed by atoms with Gasteiger partial charge in [-0.05, 0) is 49.0 Å². The maximum Gasteiger partial charge on any atom is 0.137 e. The number of nitrogens with zero attached hydrogens (tertiary/aromatic N) is 5. The lowest BCUT2D eigenvalue weighted by Crippen LogP contribution is -2.46. The Morgan fingerprint density at radius 3 is 2.60 bits per heavy atom. The Bertz CT molecular complexity index is 1140. The molecule has 1 fully saturated rings. The molecule has 0 bridgehead atoms. The van der Waals surface area contributed by atoms with Crippen molar-refractivity contribution >= 4 is 5.65 Å². The number of fused-ring (bicyclic) bond motifs is 1. The predicted octanol–water partition coefficient (Wildman–Crippen LogP) is 4.02. The molecule has 0 unspecified atom stereocenters. The van der Waals surface area contributed by atoms with Crippen LogP contribution >= 0.6 is 0 Å². The van der Waals surface area contributed by atoms with Crippen molar-refractivity contribution in [2.24, 2.45) is 0 Å². The standard InChI is InChI=1S/C24H24FN5/c1-28-13-14-29(15-18-5-7-20(25)8-6-18)17-23(28)21-16-30-22(3-2-4-24(30)27-21)19-9-11-26-12-10-19/h2-12,16,23H,13-15,17H2,1H3/t23-/m0/s1. The van der Waals surface area contributed by atoms with Crippen molar-refractivity contribution < 1.29 is 4.39 Å². The molecule has 5 nitrogen and oxygen atoms in total. The first-order chi connectivity index (χ1) is 14.7. The van der Waals surface area contributed by atoms with Gasteiger partial charge in [-0.2, -0.15) is 0 Å². The van der Waals surface area contributed by atoms with Gasteiger partial charge in [0.15, 0.2) is 0 Å². The van der Waals surface area contributed by atoms with Gasteiger partial charge in [-0.25, -0.2) is 9.37 Å². The number of benzene rings is 1. The third-order valence-corrected chi connectivity index (χ3v) is 5.88. The molecule has 0 spiro atoms. The minimum absolute atomic E-state index is 0.190. The molecule has 1 aliphatic rings. The third kappa shape index (κ3) is 3.72. The Morgan fingerprint density at radius 1 is 1.00 bits per heavy atom. The molecule has 30 heavy (non-hydrogen) atoms. The van der Waals surface area contributed by atoms with Crippen LogP contribution in [-0.4, -0.2) is 50.9 Å². The van der Waals surface area contributed by atoms with E-state index >= 15 is 0 Å². The molecule has 4 heterocycles. The molecule has 5 rings (SSSR count). The van der Waals surface area contributed by atoms with Gasteiger partial charge < -0.3 is 0 Å². The van der Waals surface area contributed by atoms with Crippen LogP contribution in [-0.2, 0) is 6.54 Å². The van der Waals surface area contributed by atoms with Crippen molar-refractivity contribution in [3.05, 3.63) is 90.3 Å². The van der Waals surface area contributed by atoms with Gasteiger partial charge >= 0.3 is 0 Å². The molecule has 0 N–H and O–H groups in total. The van der Waals surface area contributed by atoms with Crippen LogP contribution in [0.15, 0.2) is 73.2 Å². The average Bonchev–Trinajstić information content (AvgIpc) is 3.21. The summed E-state index contributed by atoms with van der Waals surface area (Å²) in [6.45, 7) is 3.67. The first kappa shape index (κ1) is 18.9. The van der Waals surface area contributed by atoms with Crippen molar-refractivity contribution in [3.8, 4) is 11.3 Å². The molecule has 152 valence electrons. The largest absolute Gasteiger partial charge is 0.299 e. The van der Waals surface area contributed by atoms with Crippen LogP contribution in [0.2, 0.25) is 0 Å². The van der Waals surface area contributed by atoms with E-state index < -0.39 is 0 Å². The first-order valence-corrected chi connectivity index (χ1v) is 10.2. The number of likely N-dealkylation sites (N-methyl/N-ethyl adjacent to an activating group) is 1. The summed E-state index contributed by atoms with van der Waals surface area (Å²) in [6.07, 6.45) is 5.79. The summed E-state index contributed by atoms with van der Waals surface area (Å²) < 4.78 is 15.4. The Morgan fingerprint density at radius 2 is 1.80 bits per heavy atom. The van der Waals surface area contributed by atoms with E-state index in [2.05, 4.69) is 38.5 Å². The highest BCUT2D eigenvalue weighted by Gasteiger charge is 2.28. The zero-order valence-electron chi connectivity index (χ0n) is 16.9. The topological polar surface area (TPSA) is 36.7 Å². The Hall–Kier alpha value is -3.09. The highest BCUT2D eigenvalue weighted by molar-refractivity contribution is 5.63. The number of aromatic nitrogens is 3. The van der Waals surface area contributed by atoms with E-state index in [1.807, 2.05) is 48.8 Å². The molecule has 0 amide bonds. The van der Waals surface area contributed by atoms with Gasteiger partial charge in [-0.3, -0.25) is 19.2 Å². The number of halogens is 1. The monoisotopic (exact) mass is 401 g/mol. The van der Waals surface area contributed by atoms with Gasteiger partial charge in [0.25, 0.3) is 0 Å². The first-order valence-electron chi connectivity index (χ1n) is 10.2. The van der Waals surface area contributed by atoms with Crippen LogP contribution in [0.1, 0.15) is 17.3 Å². The molecular weight excluding hydrogens is 377 g/mol. The molecule has 6 heteroatoms. The smallest absolute Gasteiger partial charge is 0.137 e. The van der Waals surface area contributed by atoms with E-state index in [-0.39, 0.29) is 11.9 Å². The van der Waals surface area contributed by atoms with Gasteiger partial charge in [-0.1, -0.05) is 18.2 Å². The summed E-state index contributed by atoms with van der Waals surface area (Å²) in [4.78, 5) is 13.9. The highest BCUT2D eigenvalue weighted by Crippen LogP contribution is 2.27. The summed E-state index contributed by atoms with van der Waals surface area (Å²) in [5, 5.41) is 0. The van der Waals surface area contributed by atoms with Gasteiger partial charge in [-0.15, -0.1) is 0 Å². The number of hydrogen-bond donors (Lipinski definition) is 0. The second-order valence-corrected chi connectivity index (χ2v) is 7.90. The average molecular weight is 401 g/mol. The zero-order chi connectivity index (χ0) is 20.5. The SMILES string of the molecule is CN1CCN(Cc2ccc(F)cc2)C[C@H]1c1cn2c(-c3ccncc3)cccc2n1. The molecule has 0 radical (unpaired) electrons. The molecule has 4 aromatic rings. The third-order valence-electron chi connectivity index (χ3n) is 5.88. The Labute approximate surface area is 175 Å².